The van der Waals surface area contributed by atoms with Gasteiger partial charge >= 0.3 is 6.03 Å². The fourth-order valence-corrected chi connectivity index (χ4v) is 5.23. The lowest BCUT2D eigenvalue weighted by atomic mass is 9.73. The van der Waals surface area contributed by atoms with E-state index in [0.717, 1.165) is 58.4 Å². The number of aryl methyl sites for hydroxylation is 1. The Bertz CT molecular complexity index is 744. The average Bonchev–Trinajstić information content (AvgIpc) is 2.92. The van der Waals surface area contributed by atoms with Gasteiger partial charge in [-0.3, -0.25) is 4.79 Å². The van der Waals surface area contributed by atoms with Crippen LogP contribution in [0.3, 0.4) is 0 Å². The van der Waals surface area contributed by atoms with Crippen LogP contribution in [0.5, 0.6) is 0 Å². The Balaban J connectivity index is 1.33. The maximum atomic E-state index is 13.1. The molecule has 2 heterocycles. The number of nitrogens with one attached hydrogen (secondary N) is 3. The Morgan fingerprint density at radius 3 is 2.54 bits per heavy atom. The van der Waals surface area contributed by atoms with Gasteiger partial charge in [-0.2, -0.15) is 0 Å². The predicted octanol–water partition coefficient (Wildman–Crippen LogP) is -0.263. The smallest absolute Gasteiger partial charge is 0.323 e. The number of benzene rings is 1. The van der Waals surface area contributed by atoms with Gasteiger partial charge in [-0.05, 0) is 31.2 Å². The van der Waals surface area contributed by atoms with Crippen molar-refractivity contribution in [3.63, 3.8) is 0 Å². The topological polar surface area (TPSA) is 58.3 Å². The second kappa shape index (κ2) is 7.84. The molecule has 1 aliphatic carbocycles. The number of hydrogen-bond acceptors (Lipinski definition) is 2. The SMILES string of the molecule is Cc1ccccc1C[NH+]1CC[NH+](CN2C(=O)N[C@]3(CCCC[C@H]3C)C2=O)CC1. The minimum absolute atomic E-state index is 0.0203. The fraction of sp³-hybridized carbons (Fsp3) is 0.636. The molecular formula is C22H34N4O2+2. The largest absolute Gasteiger partial charge is 0.329 e. The highest BCUT2D eigenvalue weighted by atomic mass is 16.2. The summed E-state index contributed by atoms with van der Waals surface area (Å²) < 4.78 is 0. The summed E-state index contributed by atoms with van der Waals surface area (Å²) in [6, 6.07) is 8.42. The Morgan fingerprint density at radius 1 is 1.11 bits per heavy atom. The number of urea groups is 1. The number of carbonyl (C=O) groups is 2. The van der Waals surface area contributed by atoms with Gasteiger partial charge in [0.05, 0.1) is 0 Å². The van der Waals surface area contributed by atoms with Crippen LogP contribution in [-0.4, -0.2) is 55.2 Å². The molecule has 3 aliphatic rings. The van der Waals surface area contributed by atoms with Gasteiger partial charge in [0.1, 0.15) is 38.3 Å². The number of quaternary nitrogens is 2. The lowest BCUT2D eigenvalue weighted by molar-refractivity contribution is -1.02. The van der Waals surface area contributed by atoms with Crippen LogP contribution in [0.15, 0.2) is 24.3 Å². The van der Waals surface area contributed by atoms with Crippen LogP contribution in [-0.2, 0) is 11.3 Å². The highest BCUT2D eigenvalue weighted by Crippen LogP contribution is 2.37. The molecule has 0 radical (unpaired) electrons. The first-order valence-electron chi connectivity index (χ1n) is 10.9. The first-order chi connectivity index (χ1) is 13.5. The van der Waals surface area contributed by atoms with Crippen LogP contribution >= 0.6 is 0 Å². The van der Waals surface area contributed by atoms with E-state index in [1.807, 2.05) is 0 Å². The van der Waals surface area contributed by atoms with E-state index in [0.29, 0.717) is 6.67 Å². The molecule has 28 heavy (non-hydrogen) atoms. The van der Waals surface area contributed by atoms with Crippen LogP contribution in [0, 0.1) is 12.8 Å². The van der Waals surface area contributed by atoms with Crippen LogP contribution in [0.25, 0.3) is 0 Å². The average molecular weight is 387 g/mol. The van der Waals surface area contributed by atoms with Gasteiger partial charge in [-0.15, -0.1) is 0 Å². The summed E-state index contributed by atoms with van der Waals surface area (Å²) in [7, 11) is 0. The maximum absolute atomic E-state index is 13.1. The van der Waals surface area contributed by atoms with E-state index in [1.54, 1.807) is 4.90 Å². The van der Waals surface area contributed by atoms with E-state index in [9.17, 15) is 9.59 Å². The Morgan fingerprint density at radius 2 is 1.82 bits per heavy atom. The molecule has 0 unspecified atom stereocenters. The molecule has 6 heteroatoms. The van der Waals surface area contributed by atoms with Crippen molar-refractivity contribution >= 4 is 11.9 Å². The van der Waals surface area contributed by atoms with Crippen molar-refractivity contribution in [1.29, 1.82) is 0 Å². The summed E-state index contributed by atoms with van der Waals surface area (Å²) >= 11 is 0. The van der Waals surface area contributed by atoms with E-state index in [2.05, 4.69) is 43.4 Å². The quantitative estimate of drug-likeness (QED) is 0.625. The Hall–Kier alpha value is -1.92. The number of amides is 3. The minimum atomic E-state index is -0.632. The zero-order chi connectivity index (χ0) is 19.7. The predicted molar refractivity (Wildman–Crippen MR) is 107 cm³/mol. The third-order valence-corrected chi connectivity index (χ3v) is 7.25. The molecule has 2 saturated heterocycles. The normalized spacial score (nSPS) is 33.4. The van der Waals surface area contributed by atoms with Crippen molar-refractivity contribution in [3.05, 3.63) is 35.4 Å². The summed E-state index contributed by atoms with van der Waals surface area (Å²) in [4.78, 5) is 30.2. The molecular weight excluding hydrogens is 352 g/mol. The van der Waals surface area contributed by atoms with Gasteiger partial charge in [0.25, 0.3) is 5.91 Å². The lowest BCUT2D eigenvalue weighted by Gasteiger charge is -2.37. The van der Waals surface area contributed by atoms with Crippen LogP contribution in [0.4, 0.5) is 4.79 Å². The highest BCUT2D eigenvalue weighted by molar-refractivity contribution is 6.07. The third kappa shape index (κ3) is 3.55. The molecule has 152 valence electrons. The molecule has 0 bridgehead atoms. The third-order valence-electron chi connectivity index (χ3n) is 7.25. The summed E-state index contributed by atoms with van der Waals surface area (Å²) in [5.41, 5.74) is 2.14. The Labute approximate surface area is 167 Å². The van der Waals surface area contributed by atoms with Gasteiger partial charge < -0.3 is 15.1 Å². The van der Waals surface area contributed by atoms with E-state index < -0.39 is 5.54 Å². The van der Waals surface area contributed by atoms with Gasteiger partial charge in [0.15, 0.2) is 6.67 Å². The molecule has 2 aliphatic heterocycles. The van der Waals surface area contributed by atoms with Crippen LogP contribution in [0.1, 0.15) is 43.7 Å². The second-order valence-corrected chi connectivity index (χ2v) is 9.04. The Kier molecular flexibility index (Phi) is 5.43. The zero-order valence-electron chi connectivity index (χ0n) is 17.2. The van der Waals surface area contributed by atoms with E-state index in [1.165, 1.54) is 20.9 Å². The molecule has 1 aromatic rings. The van der Waals surface area contributed by atoms with Crippen molar-refractivity contribution in [1.82, 2.24) is 10.2 Å². The molecule has 3 amide bonds. The lowest BCUT2D eigenvalue weighted by Crippen LogP contribution is -3.28. The van der Waals surface area contributed by atoms with Gasteiger partial charge in [-0.1, -0.05) is 44.0 Å². The number of imide groups is 1. The first-order valence-corrected chi connectivity index (χ1v) is 10.9. The fourth-order valence-electron chi connectivity index (χ4n) is 5.23. The second-order valence-electron chi connectivity index (χ2n) is 9.04. The number of rotatable bonds is 4. The standard InChI is InChI=1S/C22H32N4O2/c1-17-7-3-4-9-19(17)15-24-11-13-25(14-12-24)16-26-20(27)22(23-21(26)28)10-6-5-8-18(22)2/h3-4,7,9,18H,5-6,8,10-16H2,1-2H3,(H,23,28)/p+2/t18-,22+/m1/s1. The highest BCUT2D eigenvalue weighted by Gasteiger charge is 2.55. The molecule has 1 aromatic carbocycles. The molecule has 2 atom stereocenters. The van der Waals surface area contributed by atoms with Crippen molar-refractivity contribution in [2.24, 2.45) is 5.92 Å². The monoisotopic (exact) mass is 386 g/mol. The first kappa shape index (κ1) is 19.4. The maximum Gasteiger partial charge on any atom is 0.329 e. The number of nitrogens with zero attached hydrogens (tertiary/aromatic N) is 1. The molecule has 3 N–H and O–H groups in total. The summed E-state index contributed by atoms with van der Waals surface area (Å²) in [5, 5.41) is 3.08. The van der Waals surface area contributed by atoms with Gasteiger partial charge in [-0.25, -0.2) is 9.69 Å². The van der Waals surface area contributed by atoms with Gasteiger partial charge in [0.2, 0.25) is 0 Å². The molecule has 1 saturated carbocycles. The number of hydrogen-bond donors (Lipinski definition) is 3. The van der Waals surface area contributed by atoms with Crippen molar-refractivity contribution in [3.8, 4) is 0 Å². The van der Waals surface area contributed by atoms with Crippen LogP contribution < -0.4 is 15.1 Å². The number of piperazine rings is 1. The van der Waals surface area contributed by atoms with Crippen molar-refractivity contribution < 1.29 is 19.4 Å². The van der Waals surface area contributed by atoms with E-state index in [4.69, 9.17) is 0 Å². The summed E-state index contributed by atoms with van der Waals surface area (Å²) in [6.07, 6.45) is 3.99. The molecule has 0 aromatic heterocycles. The summed E-state index contributed by atoms with van der Waals surface area (Å²) in [6.45, 7) is 10.0. The molecule has 4 rings (SSSR count). The molecule has 1 spiro atoms. The number of carbonyl (C=O) groups excluding carboxylic acids is 2. The van der Waals surface area contributed by atoms with Crippen LogP contribution in [0.2, 0.25) is 0 Å². The van der Waals surface area contributed by atoms with E-state index in [-0.39, 0.29) is 17.9 Å². The van der Waals surface area contributed by atoms with Crippen molar-refractivity contribution in [2.45, 2.75) is 51.6 Å². The molecule has 6 nitrogen and oxygen atoms in total. The van der Waals surface area contributed by atoms with E-state index >= 15 is 0 Å². The summed E-state index contributed by atoms with van der Waals surface area (Å²) in [5.74, 6) is 0.250. The molecule has 3 fully saturated rings. The minimum Gasteiger partial charge on any atom is -0.323 e. The van der Waals surface area contributed by atoms with Crippen molar-refractivity contribution in [2.75, 3.05) is 32.8 Å². The zero-order valence-corrected chi connectivity index (χ0v) is 17.2. The van der Waals surface area contributed by atoms with Gasteiger partial charge in [0, 0.05) is 5.56 Å².